The van der Waals surface area contributed by atoms with Gasteiger partial charge in [0, 0.05) is 48.4 Å². The van der Waals surface area contributed by atoms with E-state index in [1.54, 1.807) is 6.07 Å². The minimum atomic E-state index is -4.55. The molecular weight excluding hydrogens is 524 g/mol. The maximum absolute atomic E-state index is 12.9. The van der Waals surface area contributed by atoms with E-state index in [0.29, 0.717) is 16.5 Å². The summed E-state index contributed by atoms with van der Waals surface area (Å²) in [6.07, 6.45) is -4.55. The Morgan fingerprint density at radius 1 is 1.24 bits per heavy atom. The summed E-state index contributed by atoms with van der Waals surface area (Å²) >= 11 is 8.82. The number of rotatable bonds is 2. The Labute approximate surface area is 162 Å². The summed E-state index contributed by atoms with van der Waals surface area (Å²) in [5.74, 6) is -0.197. The summed E-state index contributed by atoms with van der Waals surface area (Å²) in [4.78, 5) is 0. The molecule has 2 aromatic carbocycles. The Hall–Kier alpha value is 0.0468. The Balaban J connectivity index is 0.00000220. The molecule has 2 rings (SSSR count). The maximum atomic E-state index is 12.9. The molecule has 0 saturated carbocycles. The normalized spacial score (nSPS) is 11.1. The standard InChI is InChI=1S/C14H8BrClF3O.Er/c15-7-9-2-1-3-12(20)13(9)8-4-5-11(16)10(6-8)14(17,18)19;/h1-2,4-6,20H,7H2;/q-1;. The molecule has 0 aromatic heterocycles. The first-order valence-electron chi connectivity index (χ1n) is 5.50. The molecule has 0 saturated heterocycles. The van der Waals surface area contributed by atoms with Crippen molar-refractivity contribution in [3.8, 4) is 16.9 Å². The second-order valence-corrected chi connectivity index (χ2v) is 5.02. The number of phenols is 1. The number of alkyl halides is 4. The van der Waals surface area contributed by atoms with E-state index in [0.717, 1.165) is 6.07 Å². The fraction of sp³-hybridized carbons (Fsp3) is 0.143. The Morgan fingerprint density at radius 2 is 1.90 bits per heavy atom. The average molecular weight is 532 g/mol. The Bertz CT molecular complexity index is 647. The summed E-state index contributed by atoms with van der Waals surface area (Å²) in [6.45, 7) is 0. The van der Waals surface area contributed by atoms with Gasteiger partial charge in [-0.15, -0.1) is 11.6 Å². The van der Waals surface area contributed by atoms with Gasteiger partial charge in [0.15, 0.2) is 0 Å². The van der Waals surface area contributed by atoms with E-state index in [4.69, 9.17) is 11.6 Å². The van der Waals surface area contributed by atoms with Gasteiger partial charge in [-0.2, -0.15) is 25.3 Å². The minimum absolute atomic E-state index is 0. The number of halogens is 5. The summed E-state index contributed by atoms with van der Waals surface area (Å²) in [6, 6.07) is 9.28. The number of phenolic OH excluding ortho intramolecular Hbond substituents is 1. The molecule has 0 fully saturated rings. The van der Waals surface area contributed by atoms with Crippen LogP contribution in [0.15, 0.2) is 30.3 Å². The third-order valence-electron chi connectivity index (χ3n) is 2.77. The van der Waals surface area contributed by atoms with Crippen molar-refractivity contribution in [1.29, 1.82) is 0 Å². The van der Waals surface area contributed by atoms with Crippen molar-refractivity contribution < 1.29 is 55.6 Å². The quantitative estimate of drug-likeness (QED) is 0.405. The van der Waals surface area contributed by atoms with Gasteiger partial charge >= 0.3 is 6.18 Å². The largest absolute Gasteiger partial charge is 0.533 e. The molecule has 0 atom stereocenters. The zero-order valence-corrected chi connectivity index (χ0v) is 14.4. The van der Waals surface area contributed by atoms with Gasteiger partial charge < -0.3 is 5.11 Å². The van der Waals surface area contributed by atoms with Gasteiger partial charge in [-0.1, -0.05) is 50.8 Å². The van der Waals surface area contributed by atoms with Crippen molar-refractivity contribution >= 4 is 27.5 Å². The van der Waals surface area contributed by atoms with Crippen molar-refractivity contribution in [3.05, 3.63) is 52.5 Å². The predicted octanol–water partition coefficient (Wildman–Crippen LogP) is 5.43. The molecule has 1 nitrogen and oxygen atoms in total. The third-order valence-corrected chi connectivity index (χ3v) is 3.70. The molecule has 0 aliphatic rings. The molecule has 2 aromatic rings. The van der Waals surface area contributed by atoms with Crippen molar-refractivity contribution in [2.75, 3.05) is 0 Å². The monoisotopic (exact) mass is 529 g/mol. The molecule has 118 valence electrons. The van der Waals surface area contributed by atoms with Crippen molar-refractivity contribution in [2.24, 2.45) is 0 Å². The van der Waals surface area contributed by atoms with Crippen LogP contribution in [-0.4, -0.2) is 5.11 Å². The Kier molecular flexibility index (Phi) is 6.86. The topological polar surface area (TPSA) is 20.2 Å². The fourth-order valence-corrected chi connectivity index (χ4v) is 2.55. The molecular formula is C14H8BrClErF3O-. The maximum Gasteiger partial charge on any atom is 0.417 e. The molecule has 21 heavy (non-hydrogen) atoms. The van der Waals surface area contributed by atoms with E-state index < -0.39 is 11.7 Å². The van der Waals surface area contributed by atoms with E-state index in [2.05, 4.69) is 22.0 Å². The van der Waals surface area contributed by atoms with Gasteiger partial charge in [-0.3, -0.25) is 0 Å². The molecule has 0 radical (unpaired) electrons. The van der Waals surface area contributed by atoms with Crippen LogP contribution in [0.3, 0.4) is 0 Å². The minimum Gasteiger partial charge on any atom is -0.533 e. The average Bonchev–Trinajstić information content (AvgIpc) is 2.38. The SMILES string of the molecule is Oc1[c-]ccc(CBr)c1-c1ccc(Cl)c(C(F)(F)F)c1.[Er]. The van der Waals surface area contributed by atoms with Crippen LogP contribution >= 0.6 is 27.5 Å². The van der Waals surface area contributed by atoms with Crippen molar-refractivity contribution in [3.63, 3.8) is 0 Å². The van der Waals surface area contributed by atoms with Gasteiger partial charge in [-0.25, -0.2) is 0 Å². The molecule has 0 heterocycles. The summed E-state index contributed by atoms with van der Waals surface area (Å²) in [5.41, 5.74) is 0.286. The molecule has 0 aliphatic heterocycles. The number of aromatic hydroxyl groups is 1. The van der Waals surface area contributed by atoms with Crippen molar-refractivity contribution in [2.45, 2.75) is 11.5 Å². The van der Waals surface area contributed by atoms with E-state index in [1.165, 1.54) is 18.2 Å². The number of hydrogen-bond acceptors (Lipinski definition) is 1. The van der Waals surface area contributed by atoms with Crippen LogP contribution in [0.2, 0.25) is 5.02 Å². The molecule has 0 amide bonds. The van der Waals surface area contributed by atoms with Gasteiger partial charge in [0.05, 0.1) is 10.6 Å². The van der Waals surface area contributed by atoms with E-state index in [1.807, 2.05) is 0 Å². The van der Waals surface area contributed by atoms with Crippen LogP contribution in [0.4, 0.5) is 13.2 Å². The molecule has 0 unspecified atom stereocenters. The van der Waals surface area contributed by atoms with Gasteiger partial charge in [0.25, 0.3) is 0 Å². The van der Waals surface area contributed by atoms with Gasteiger partial charge in [0.1, 0.15) is 0 Å². The van der Waals surface area contributed by atoms with Crippen LogP contribution in [-0.2, 0) is 11.5 Å². The van der Waals surface area contributed by atoms with Crippen LogP contribution in [0.25, 0.3) is 11.1 Å². The first kappa shape index (κ1) is 19.1. The molecule has 7 heteroatoms. The molecule has 0 spiro atoms. The van der Waals surface area contributed by atoms with E-state index in [9.17, 15) is 18.3 Å². The van der Waals surface area contributed by atoms with Crippen molar-refractivity contribution in [1.82, 2.24) is 0 Å². The first-order chi connectivity index (χ1) is 9.34. The van der Waals surface area contributed by atoms with Crippen LogP contribution in [0.1, 0.15) is 11.1 Å². The molecule has 0 bridgehead atoms. The van der Waals surface area contributed by atoms with Crippen LogP contribution in [0.5, 0.6) is 5.75 Å². The summed E-state index contributed by atoms with van der Waals surface area (Å²) < 4.78 is 38.6. The predicted molar refractivity (Wildman–Crippen MR) is 75.0 cm³/mol. The van der Waals surface area contributed by atoms with Gasteiger partial charge in [0.2, 0.25) is 0 Å². The second-order valence-electron chi connectivity index (χ2n) is 4.05. The fourth-order valence-electron chi connectivity index (χ4n) is 1.86. The first-order valence-corrected chi connectivity index (χ1v) is 7.00. The van der Waals surface area contributed by atoms with Crippen LogP contribution in [0, 0.1) is 43.4 Å². The van der Waals surface area contributed by atoms with Crippen LogP contribution < -0.4 is 0 Å². The second kappa shape index (κ2) is 7.54. The van der Waals surface area contributed by atoms with Gasteiger partial charge in [-0.05, 0) is 6.07 Å². The zero-order chi connectivity index (χ0) is 14.9. The molecule has 0 aliphatic carbocycles. The van der Waals surface area contributed by atoms with E-state index >= 15 is 0 Å². The number of hydrogen-bond donors (Lipinski definition) is 1. The Morgan fingerprint density at radius 3 is 2.48 bits per heavy atom. The van der Waals surface area contributed by atoms with E-state index in [-0.39, 0.29) is 53.6 Å². The smallest absolute Gasteiger partial charge is 0.417 e. The number of benzene rings is 2. The molecule has 1 N–H and O–H groups in total. The third kappa shape index (κ3) is 4.28. The summed E-state index contributed by atoms with van der Waals surface area (Å²) in [5, 5.41) is 9.87. The zero-order valence-electron chi connectivity index (χ0n) is 10.2. The summed E-state index contributed by atoms with van der Waals surface area (Å²) in [7, 11) is 0.